The summed E-state index contributed by atoms with van der Waals surface area (Å²) in [6.45, 7) is 1.07. The van der Waals surface area contributed by atoms with Gasteiger partial charge in [-0.2, -0.15) is 4.68 Å². The molecule has 3 aromatic rings. The number of hydrogen-bond acceptors (Lipinski definition) is 5. The Kier molecular flexibility index (Phi) is 5.09. The predicted octanol–water partition coefficient (Wildman–Crippen LogP) is 2.15. The number of piperidine rings is 1. The predicted molar refractivity (Wildman–Crippen MR) is 103 cm³/mol. The molecule has 0 unspecified atom stereocenters. The summed E-state index contributed by atoms with van der Waals surface area (Å²) in [7, 11) is 0. The lowest BCUT2D eigenvalue weighted by Crippen LogP contribution is -2.41. The summed E-state index contributed by atoms with van der Waals surface area (Å²) in [5, 5.41) is 14.1. The smallest absolute Gasteiger partial charge is 0.256 e. The first-order chi connectivity index (χ1) is 13.7. The Bertz CT molecular complexity index is 950. The molecule has 142 valence electrons. The Morgan fingerprint density at radius 1 is 0.964 bits per heavy atom. The van der Waals surface area contributed by atoms with Crippen LogP contribution in [0.2, 0.25) is 0 Å². The largest absolute Gasteiger partial charge is 0.339 e. The van der Waals surface area contributed by atoms with Crippen LogP contribution in [0.5, 0.6) is 0 Å². The number of para-hydroxylation sites is 2. The molecule has 0 aliphatic carbocycles. The Labute approximate surface area is 162 Å². The van der Waals surface area contributed by atoms with Crippen LogP contribution in [0.3, 0.4) is 0 Å². The fourth-order valence-corrected chi connectivity index (χ4v) is 3.41. The van der Waals surface area contributed by atoms with E-state index in [2.05, 4.69) is 20.8 Å². The van der Waals surface area contributed by atoms with Gasteiger partial charge in [-0.05, 0) is 47.5 Å². The first-order valence-corrected chi connectivity index (χ1v) is 9.20. The topological polar surface area (TPSA) is 93.0 Å². The van der Waals surface area contributed by atoms with Crippen LogP contribution >= 0.6 is 0 Å². The van der Waals surface area contributed by atoms with Crippen LogP contribution in [0.15, 0.2) is 60.9 Å². The maximum absolute atomic E-state index is 13.0. The second-order valence-corrected chi connectivity index (χ2v) is 6.69. The molecular weight excluding hydrogens is 356 g/mol. The molecule has 0 radical (unpaired) electrons. The highest BCUT2D eigenvalue weighted by Gasteiger charge is 2.29. The van der Waals surface area contributed by atoms with Crippen molar-refractivity contribution in [3.05, 3.63) is 66.5 Å². The van der Waals surface area contributed by atoms with E-state index in [1.54, 1.807) is 11.0 Å². The standard InChI is InChI=1S/C20H20N6O2/c27-19(22-16-6-2-1-3-7-16)15-10-12-25(13-11-15)20(28)17-8-4-5-9-18(17)26-14-21-23-24-26/h1-9,14-15H,10-13H2,(H,22,27). The molecular formula is C20H20N6O2. The summed E-state index contributed by atoms with van der Waals surface area (Å²) in [5.41, 5.74) is 1.98. The van der Waals surface area contributed by atoms with Crippen molar-refractivity contribution in [3.8, 4) is 5.69 Å². The summed E-state index contributed by atoms with van der Waals surface area (Å²) in [4.78, 5) is 27.3. The fourth-order valence-electron chi connectivity index (χ4n) is 3.41. The number of amides is 2. The monoisotopic (exact) mass is 376 g/mol. The van der Waals surface area contributed by atoms with Crippen molar-refractivity contribution >= 4 is 17.5 Å². The molecule has 1 aromatic heterocycles. The molecule has 28 heavy (non-hydrogen) atoms. The third kappa shape index (κ3) is 3.75. The summed E-state index contributed by atoms with van der Waals surface area (Å²) in [6.07, 6.45) is 2.74. The average molecular weight is 376 g/mol. The third-order valence-electron chi connectivity index (χ3n) is 4.92. The molecule has 0 saturated carbocycles. The molecule has 4 rings (SSSR count). The molecule has 2 heterocycles. The number of hydrogen-bond donors (Lipinski definition) is 1. The average Bonchev–Trinajstić information content (AvgIpc) is 3.29. The van der Waals surface area contributed by atoms with E-state index in [0.717, 1.165) is 5.69 Å². The highest BCUT2D eigenvalue weighted by molar-refractivity contribution is 5.98. The van der Waals surface area contributed by atoms with Gasteiger partial charge in [0.2, 0.25) is 5.91 Å². The van der Waals surface area contributed by atoms with Gasteiger partial charge in [-0.25, -0.2) is 0 Å². The normalized spacial score (nSPS) is 14.6. The van der Waals surface area contributed by atoms with Gasteiger partial charge in [0.1, 0.15) is 6.33 Å². The van der Waals surface area contributed by atoms with E-state index in [1.165, 1.54) is 11.0 Å². The lowest BCUT2D eigenvalue weighted by atomic mass is 9.95. The summed E-state index contributed by atoms with van der Waals surface area (Å²) in [6, 6.07) is 16.7. The van der Waals surface area contributed by atoms with Gasteiger partial charge in [-0.1, -0.05) is 30.3 Å². The van der Waals surface area contributed by atoms with Crippen LogP contribution < -0.4 is 5.32 Å². The summed E-state index contributed by atoms with van der Waals surface area (Å²) in [5.74, 6) is -0.167. The lowest BCUT2D eigenvalue weighted by molar-refractivity contribution is -0.121. The molecule has 0 spiro atoms. The Hall–Kier alpha value is -3.55. The Balaban J connectivity index is 1.40. The number of anilines is 1. The SMILES string of the molecule is O=C(Nc1ccccc1)C1CCN(C(=O)c2ccccc2-n2cnnn2)CC1. The molecule has 1 saturated heterocycles. The van der Waals surface area contributed by atoms with Crippen molar-refractivity contribution < 1.29 is 9.59 Å². The minimum absolute atomic E-state index is 0.00684. The molecule has 8 nitrogen and oxygen atoms in total. The third-order valence-corrected chi connectivity index (χ3v) is 4.92. The van der Waals surface area contributed by atoms with Crippen molar-refractivity contribution in [2.45, 2.75) is 12.8 Å². The van der Waals surface area contributed by atoms with Gasteiger partial charge in [0.05, 0.1) is 11.3 Å². The second kappa shape index (κ2) is 7.99. The summed E-state index contributed by atoms with van der Waals surface area (Å²) < 4.78 is 1.48. The van der Waals surface area contributed by atoms with Crippen molar-refractivity contribution in [1.82, 2.24) is 25.1 Å². The molecule has 8 heteroatoms. The zero-order valence-electron chi connectivity index (χ0n) is 15.2. The fraction of sp³-hybridized carbons (Fsp3) is 0.250. The molecule has 1 aliphatic rings. The Morgan fingerprint density at radius 3 is 2.39 bits per heavy atom. The van der Waals surface area contributed by atoms with E-state index < -0.39 is 0 Å². The van der Waals surface area contributed by atoms with Crippen LogP contribution in [0, 0.1) is 5.92 Å². The maximum atomic E-state index is 13.0. The first-order valence-electron chi connectivity index (χ1n) is 9.20. The number of tetrazole rings is 1. The number of rotatable bonds is 4. The van der Waals surface area contributed by atoms with Gasteiger partial charge in [0.15, 0.2) is 0 Å². The van der Waals surface area contributed by atoms with Crippen molar-refractivity contribution in [3.63, 3.8) is 0 Å². The molecule has 2 amide bonds. The first kappa shape index (κ1) is 17.8. The number of nitrogens with one attached hydrogen (secondary N) is 1. The van der Waals surface area contributed by atoms with E-state index in [9.17, 15) is 9.59 Å². The summed E-state index contributed by atoms with van der Waals surface area (Å²) >= 11 is 0. The number of likely N-dealkylation sites (tertiary alicyclic amines) is 1. The van der Waals surface area contributed by atoms with Gasteiger partial charge >= 0.3 is 0 Å². The molecule has 2 aromatic carbocycles. The van der Waals surface area contributed by atoms with Gasteiger partial charge in [-0.15, -0.1) is 5.10 Å². The van der Waals surface area contributed by atoms with Gasteiger partial charge < -0.3 is 10.2 Å². The van der Waals surface area contributed by atoms with Crippen molar-refractivity contribution in [2.75, 3.05) is 18.4 Å². The second-order valence-electron chi connectivity index (χ2n) is 6.69. The van der Waals surface area contributed by atoms with E-state index in [1.807, 2.05) is 48.5 Å². The molecule has 1 fully saturated rings. The van der Waals surface area contributed by atoms with Crippen LogP contribution in [-0.4, -0.2) is 50.0 Å². The zero-order valence-corrected chi connectivity index (χ0v) is 15.2. The van der Waals surface area contributed by atoms with Crippen LogP contribution in [0.1, 0.15) is 23.2 Å². The van der Waals surface area contributed by atoms with Crippen LogP contribution in [0.25, 0.3) is 5.69 Å². The van der Waals surface area contributed by atoms with Crippen molar-refractivity contribution in [1.29, 1.82) is 0 Å². The van der Waals surface area contributed by atoms with Crippen molar-refractivity contribution in [2.24, 2.45) is 5.92 Å². The number of benzene rings is 2. The minimum atomic E-state index is -0.0981. The van der Waals surface area contributed by atoms with E-state index in [4.69, 9.17) is 0 Å². The number of nitrogens with zero attached hydrogens (tertiary/aromatic N) is 5. The molecule has 1 aliphatic heterocycles. The van der Waals surface area contributed by atoms with Crippen LogP contribution in [0.4, 0.5) is 5.69 Å². The van der Waals surface area contributed by atoms with Gasteiger partial charge in [0.25, 0.3) is 5.91 Å². The highest BCUT2D eigenvalue weighted by Crippen LogP contribution is 2.23. The number of aromatic nitrogens is 4. The molecule has 0 atom stereocenters. The molecule has 0 bridgehead atoms. The maximum Gasteiger partial charge on any atom is 0.256 e. The number of carbonyl (C=O) groups excluding carboxylic acids is 2. The van der Waals surface area contributed by atoms with Gasteiger partial charge in [0, 0.05) is 24.7 Å². The lowest BCUT2D eigenvalue weighted by Gasteiger charge is -2.31. The molecule has 1 N–H and O–H groups in total. The number of carbonyl (C=O) groups is 2. The minimum Gasteiger partial charge on any atom is -0.339 e. The highest BCUT2D eigenvalue weighted by atomic mass is 16.2. The van der Waals surface area contributed by atoms with Crippen LogP contribution in [-0.2, 0) is 4.79 Å². The van der Waals surface area contributed by atoms with Gasteiger partial charge in [-0.3, -0.25) is 9.59 Å². The quantitative estimate of drug-likeness (QED) is 0.753. The van der Waals surface area contributed by atoms with E-state index in [0.29, 0.717) is 37.2 Å². The zero-order chi connectivity index (χ0) is 19.3. The van der Waals surface area contributed by atoms with E-state index >= 15 is 0 Å². The Morgan fingerprint density at radius 2 is 1.68 bits per heavy atom. The van der Waals surface area contributed by atoms with E-state index in [-0.39, 0.29) is 17.7 Å².